The van der Waals surface area contributed by atoms with E-state index in [1.54, 1.807) is 0 Å². The number of rotatable bonds is 4. The number of halogens is 3. The Balaban J connectivity index is 3.10. The first-order valence-electron chi connectivity index (χ1n) is 4.89. The van der Waals surface area contributed by atoms with Gasteiger partial charge < -0.3 is 5.32 Å². The van der Waals surface area contributed by atoms with Crippen LogP contribution in [0.1, 0.15) is 12.0 Å². The zero-order valence-corrected chi connectivity index (χ0v) is 9.12. The van der Waals surface area contributed by atoms with E-state index in [-0.39, 0.29) is 18.7 Å². The summed E-state index contributed by atoms with van der Waals surface area (Å²) < 4.78 is 38.1. The molecule has 0 saturated heterocycles. The van der Waals surface area contributed by atoms with Crippen LogP contribution in [0.5, 0.6) is 0 Å². The van der Waals surface area contributed by atoms with Crippen LogP contribution in [0.15, 0.2) is 18.2 Å². The minimum Gasteiger partial charge on any atom is -0.384 e. The van der Waals surface area contributed by atoms with Crippen LogP contribution in [0, 0.1) is 22.5 Å². The highest BCUT2D eigenvalue weighted by Crippen LogP contribution is 2.36. The number of alkyl halides is 3. The number of nitro benzene ring substituents is 1. The third kappa shape index (κ3) is 3.38. The molecule has 0 amide bonds. The van der Waals surface area contributed by atoms with Crippen molar-refractivity contribution in [2.24, 2.45) is 0 Å². The van der Waals surface area contributed by atoms with E-state index in [1.807, 2.05) is 0 Å². The summed E-state index contributed by atoms with van der Waals surface area (Å²) >= 11 is 0. The molecule has 0 fully saturated rings. The van der Waals surface area contributed by atoms with Crippen molar-refractivity contribution in [2.45, 2.75) is 12.6 Å². The summed E-state index contributed by atoms with van der Waals surface area (Å²) in [6.45, 7) is 0.164. The van der Waals surface area contributed by atoms with Gasteiger partial charge in [-0.05, 0) is 6.07 Å². The fourth-order valence-corrected chi connectivity index (χ4v) is 1.30. The molecule has 0 spiro atoms. The van der Waals surface area contributed by atoms with Gasteiger partial charge in [0, 0.05) is 30.8 Å². The maximum Gasteiger partial charge on any atom is 0.418 e. The maximum atomic E-state index is 12.7. The molecule has 0 radical (unpaired) electrons. The first kappa shape index (κ1) is 13.8. The van der Waals surface area contributed by atoms with Gasteiger partial charge in [0.25, 0.3) is 5.69 Å². The Labute approximate surface area is 101 Å². The van der Waals surface area contributed by atoms with Crippen LogP contribution in [0.25, 0.3) is 0 Å². The van der Waals surface area contributed by atoms with Gasteiger partial charge in [0.2, 0.25) is 0 Å². The molecule has 1 N–H and O–H groups in total. The zero-order chi connectivity index (χ0) is 13.8. The van der Waals surface area contributed by atoms with Crippen LogP contribution in [0.2, 0.25) is 0 Å². The summed E-state index contributed by atoms with van der Waals surface area (Å²) in [5, 5.41) is 12.9. The lowest BCUT2D eigenvalue weighted by Crippen LogP contribution is -2.12. The van der Waals surface area contributed by atoms with Crippen LogP contribution in [0.3, 0.4) is 0 Å². The smallest absolute Gasteiger partial charge is 0.384 e. The predicted molar refractivity (Wildman–Crippen MR) is 60.0 cm³/mol. The van der Waals surface area contributed by atoms with Gasteiger partial charge in [-0.2, -0.15) is 13.2 Å². The highest BCUT2D eigenvalue weighted by Gasteiger charge is 2.35. The first-order chi connectivity index (χ1) is 8.36. The number of benzene rings is 1. The lowest BCUT2D eigenvalue weighted by atomic mass is 10.1. The third-order valence-corrected chi connectivity index (χ3v) is 2.10. The molecule has 18 heavy (non-hydrogen) atoms. The molecular formula is C11H9F3N2O2. The quantitative estimate of drug-likeness (QED) is 0.391. The summed E-state index contributed by atoms with van der Waals surface area (Å²) in [5.74, 6) is 2.27. The van der Waals surface area contributed by atoms with Crippen molar-refractivity contribution in [3.05, 3.63) is 33.9 Å². The Bertz CT molecular complexity index is 492. The summed E-state index contributed by atoms with van der Waals surface area (Å²) in [7, 11) is 0. The Morgan fingerprint density at radius 1 is 1.44 bits per heavy atom. The monoisotopic (exact) mass is 258 g/mol. The van der Waals surface area contributed by atoms with E-state index in [0.717, 1.165) is 12.1 Å². The minimum atomic E-state index is -4.66. The van der Waals surface area contributed by atoms with E-state index in [0.29, 0.717) is 6.07 Å². The number of terminal acetylenes is 1. The topological polar surface area (TPSA) is 55.2 Å². The van der Waals surface area contributed by atoms with Crippen molar-refractivity contribution < 1.29 is 18.1 Å². The standard InChI is InChI=1S/C11H9F3N2O2/c1-2-3-6-15-10-5-4-8(16(17)18)7-9(10)11(12,13)14/h1,4-5,7,15H,3,6H2. The van der Waals surface area contributed by atoms with Crippen LogP contribution >= 0.6 is 0 Å². The number of nitrogens with one attached hydrogen (secondary N) is 1. The molecule has 0 bridgehead atoms. The molecule has 7 heteroatoms. The maximum absolute atomic E-state index is 12.7. The van der Waals surface area contributed by atoms with Gasteiger partial charge in [0.1, 0.15) is 0 Å². The average Bonchev–Trinajstić information content (AvgIpc) is 2.28. The van der Waals surface area contributed by atoms with E-state index >= 15 is 0 Å². The van der Waals surface area contributed by atoms with Gasteiger partial charge in [-0.25, -0.2) is 0 Å². The molecule has 0 aromatic heterocycles. The van der Waals surface area contributed by atoms with E-state index in [9.17, 15) is 23.3 Å². The molecule has 1 rings (SSSR count). The molecule has 0 atom stereocenters. The van der Waals surface area contributed by atoms with E-state index in [1.165, 1.54) is 0 Å². The van der Waals surface area contributed by atoms with Crippen molar-refractivity contribution in [1.82, 2.24) is 0 Å². The van der Waals surface area contributed by atoms with E-state index in [4.69, 9.17) is 6.42 Å². The minimum absolute atomic E-state index is 0.164. The van der Waals surface area contributed by atoms with Crippen LogP contribution in [0.4, 0.5) is 24.5 Å². The van der Waals surface area contributed by atoms with Crippen LogP contribution < -0.4 is 5.32 Å². The fraction of sp³-hybridized carbons (Fsp3) is 0.273. The van der Waals surface area contributed by atoms with E-state index in [2.05, 4.69) is 11.2 Å². The van der Waals surface area contributed by atoms with Gasteiger partial charge in [-0.15, -0.1) is 12.3 Å². The molecule has 0 heterocycles. The molecule has 0 aliphatic heterocycles. The van der Waals surface area contributed by atoms with Gasteiger partial charge in [0.15, 0.2) is 0 Å². The lowest BCUT2D eigenvalue weighted by Gasteiger charge is -2.13. The second-order valence-electron chi connectivity index (χ2n) is 3.37. The number of hydrogen-bond acceptors (Lipinski definition) is 3. The zero-order valence-electron chi connectivity index (χ0n) is 9.12. The van der Waals surface area contributed by atoms with Crippen LogP contribution in [-0.2, 0) is 6.18 Å². The summed E-state index contributed by atoms with van der Waals surface area (Å²) in [5.41, 5.74) is -1.90. The summed E-state index contributed by atoms with van der Waals surface area (Å²) in [4.78, 5) is 9.57. The molecule has 1 aromatic carbocycles. The first-order valence-corrected chi connectivity index (χ1v) is 4.89. The molecule has 0 unspecified atom stereocenters. The SMILES string of the molecule is C#CCCNc1ccc([N+](=O)[O-])cc1C(F)(F)F. The molecule has 0 aliphatic rings. The average molecular weight is 258 g/mol. The van der Waals surface area contributed by atoms with Gasteiger partial charge in [0.05, 0.1) is 10.5 Å². The second kappa shape index (κ2) is 5.40. The normalized spacial score (nSPS) is 10.8. The lowest BCUT2D eigenvalue weighted by molar-refractivity contribution is -0.385. The van der Waals surface area contributed by atoms with Crippen molar-refractivity contribution >= 4 is 11.4 Å². The van der Waals surface area contributed by atoms with Gasteiger partial charge in [-0.3, -0.25) is 10.1 Å². The van der Waals surface area contributed by atoms with Crippen molar-refractivity contribution in [3.63, 3.8) is 0 Å². The number of non-ortho nitro benzene ring substituents is 1. The highest BCUT2D eigenvalue weighted by molar-refractivity contribution is 5.57. The number of hydrogen-bond donors (Lipinski definition) is 1. The summed E-state index contributed by atoms with van der Waals surface area (Å²) in [6.07, 6.45) is 0.575. The van der Waals surface area contributed by atoms with Crippen LogP contribution in [-0.4, -0.2) is 11.5 Å². The third-order valence-electron chi connectivity index (χ3n) is 2.10. The summed E-state index contributed by atoms with van der Waals surface area (Å²) in [6, 6.07) is 2.53. The van der Waals surface area contributed by atoms with Gasteiger partial charge in [-0.1, -0.05) is 0 Å². The molecule has 0 aliphatic carbocycles. The number of nitro groups is 1. The Hall–Kier alpha value is -2.23. The molecule has 1 aromatic rings. The van der Waals surface area contributed by atoms with Crippen molar-refractivity contribution in [3.8, 4) is 12.3 Å². The number of nitrogens with zero attached hydrogens (tertiary/aromatic N) is 1. The Morgan fingerprint density at radius 2 is 2.11 bits per heavy atom. The molecule has 0 saturated carbocycles. The second-order valence-corrected chi connectivity index (χ2v) is 3.37. The highest BCUT2D eigenvalue weighted by atomic mass is 19.4. The molecule has 96 valence electrons. The molecular weight excluding hydrogens is 249 g/mol. The van der Waals surface area contributed by atoms with Gasteiger partial charge >= 0.3 is 6.18 Å². The Kier molecular flexibility index (Phi) is 4.15. The Morgan fingerprint density at radius 3 is 2.61 bits per heavy atom. The fourth-order valence-electron chi connectivity index (χ4n) is 1.30. The van der Waals surface area contributed by atoms with Crippen molar-refractivity contribution in [2.75, 3.05) is 11.9 Å². The largest absolute Gasteiger partial charge is 0.418 e. The van der Waals surface area contributed by atoms with E-state index < -0.39 is 22.4 Å². The predicted octanol–water partition coefficient (Wildman–Crippen LogP) is 3.05. The number of anilines is 1. The molecule has 4 nitrogen and oxygen atoms in total. The van der Waals surface area contributed by atoms with Crippen molar-refractivity contribution in [1.29, 1.82) is 0 Å².